The lowest BCUT2D eigenvalue weighted by molar-refractivity contribution is -0.119. The molecule has 7 nitrogen and oxygen atoms in total. The monoisotopic (exact) mass is 483 g/mol. The second kappa shape index (κ2) is 11.4. The molecule has 0 saturated heterocycles. The van der Waals surface area contributed by atoms with Crippen LogP contribution in [-0.2, 0) is 14.8 Å². The van der Waals surface area contributed by atoms with E-state index in [-0.39, 0.29) is 10.6 Å². The summed E-state index contributed by atoms with van der Waals surface area (Å²) in [5.41, 5.74) is 3.65. The van der Waals surface area contributed by atoms with Gasteiger partial charge in [0.2, 0.25) is 0 Å². The fourth-order valence-corrected chi connectivity index (χ4v) is 4.43. The van der Waals surface area contributed by atoms with E-state index in [4.69, 9.17) is 4.74 Å². The van der Waals surface area contributed by atoms with Crippen molar-refractivity contribution in [2.45, 2.75) is 25.2 Å². The standard InChI is InChI=1S/C25H26FN3O4S/c1-3-16-33-21-12-10-20(11-13-21)17-27-28-25(30)18-29(24-7-5-4-6-23(24)26)34(31,32)22-14-8-19(2)9-15-22/h4-15,17H,3,16,18H2,1-2H3,(H,28,30)/b27-17-. The first-order chi connectivity index (χ1) is 16.3. The summed E-state index contributed by atoms with van der Waals surface area (Å²) in [6.07, 6.45) is 2.32. The number of carbonyl (C=O) groups is 1. The zero-order valence-corrected chi connectivity index (χ0v) is 19.8. The van der Waals surface area contributed by atoms with Gasteiger partial charge in [0.1, 0.15) is 18.1 Å². The van der Waals surface area contributed by atoms with Crippen molar-refractivity contribution in [1.82, 2.24) is 5.43 Å². The van der Waals surface area contributed by atoms with E-state index in [0.717, 1.165) is 28.1 Å². The molecular formula is C25H26FN3O4S. The number of hydrogen-bond acceptors (Lipinski definition) is 5. The van der Waals surface area contributed by atoms with Crippen molar-refractivity contribution in [3.05, 3.63) is 89.7 Å². The third-order valence-corrected chi connectivity index (χ3v) is 6.55. The number of halogens is 1. The van der Waals surface area contributed by atoms with Gasteiger partial charge >= 0.3 is 0 Å². The van der Waals surface area contributed by atoms with Crippen molar-refractivity contribution in [2.24, 2.45) is 5.10 Å². The Morgan fingerprint density at radius 2 is 1.74 bits per heavy atom. The number of ether oxygens (including phenoxy) is 1. The van der Waals surface area contributed by atoms with Crippen LogP contribution < -0.4 is 14.5 Å². The van der Waals surface area contributed by atoms with Crippen LogP contribution in [0.25, 0.3) is 0 Å². The van der Waals surface area contributed by atoms with Gasteiger partial charge in [-0.3, -0.25) is 9.10 Å². The normalized spacial score (nSPS) is 11.4. The number of benzene rings is 3. The highest BCUT2D eigenvalue weighted by Crippen LogP contribution is 2.26. The fourth-order valence-electron chi connectivity index (χ4n) is 3.01. The van der Waals surface area contributed by atoms with Gasteiger partial charge in [-0.1, -0.05) is 36.8 Å². The van der Waals surface area contributed by atoms with Gasteiger partial charge in [0.25, 0.3) is 15.9 Å². The molecule has 0 aliphatic rings. The molecule has 0 fully saturated rings. The third kappa shape index (κ3) is 6.41. The molecule has 0 aromatic heterocycles. The predicted octanol–water partition coefficient (Wildman–Crippen LogP) is 4.27. The first-order valence-electron chi connectivity index (χ1n) is 10.7. The number of sulfonamides is 1. The van der Waals surface area contributed by atoms with Gasteiger partial charge < -0.3 is 4.74 Å². The van der Waals surface area contributed by atoms with Crippen LogP contribution in [0.5, 0.6) is 5.75 Å². The SMILES string of the molecule is CCCOc1ccc(/C=N\NC(=O)CN(c2ccccc2F)S(=O)(=O)c2ccc(C)cc2)cc1. The van der Waals surface area contributed by atoms with Crippen LogP contribution in [0.1, 0.15) is 24.5 Å². The van der Waals surface area contributed by atoms with Gasteiger partial charge in [0.15, 0.2) is 0 Å². The molecule has 3 aromatic carbocycles. The van der Waals surface area contributed by atoms with Gasteiger partial charge in [-0.05, 0) is 67.4 Å². The van der Waals surface area contributed by atoms with Gasteiger partial charge in [-0.15, -0.1) is 0 Å². The van der Waals surface area contributed by atoms with E-state index in [2.05, 4.69) is 10.5 Å². The number of aryl methyl sites for hydroxylation is 1. The number of anilines is 1. The maximum Gasteiger partial charge on any atom is 0.264 e. The number of carbonyl (C=O) groups excluding carboxylic acids is 1. The fraction of sp³-hybridized carbons (Fsp3) is 0.200. The predicted molar refractivity (Wildman–Crippen MR) is 130 cm³/mol. The van der Waals surface area contributed by atoms with Crippen molar-refractivity contribution < 1.29 is 22.3 Å². The molecule has 3 rings (SSSR count). The minimum Gasteiger partial charge on any atom is -0.494 e. The van der Waals surface area contributed by atoms with Crippen molar-refractivity contribution in [3.8, 4) is 5.75 Å². The van der Waals surface area contributed by atoms with Gasteiger partial charge in [0.05, 0.1) is 23.4 Å². The second-order valence-corrected chi connectivity index (χ2v) is 9.35. The van der Waals surface area contributed by atoms with Crippen molar-refractivity contribution in [3.63, 3.8) is 0 Å². The summed E-state index contributed by atoms with van der Waals surface area (Å²) < 4.78 is 47.3. The maximum absolute atomic E-state index is 14.5. The molecule has 3 aromatic rings. The third-order valence-electron chi connectivity index (χ3n) is 4.77. The Balaban J connectivity index is 1.76. The maximum atomic E-state index is 14.5. The van der Waals surface area contributed by atoms with Crippen LogP contribution in [0.15, 0.2) is 82.8 Å². The number of hydrazone groups is 1. The molecule has 0 heterocycles. The molecule has 0 atom stereocenters. The van der Waals surface area contributed by atoms with Crippen LogP contribution in [0, 0.1) is 12.7 Å². The number of nitrogens with zero attached hydrogens (tertiary/aromatic N) is 2. The number of rotatable bonds is 10. The van der Waals surface area contributed by atoms with Crippen LogP contribution in [0.3, 0.4) is 0 Å². The molecule has 0 aliphatic carbocycles. The summed E-state index contributed by atoms with van der Waals surface area (Å²) in [6, 6.07) is 18.6. The van der Waals surface area contributed by atoms with E-state index < -0.39 is 28.3 Å². The Labute approximate surface area is 198 Å². The highest BCUT2D eigenvalue weighted by Gasteiger charge is 2.29. The lowest BCUT2D eigenvalue weighted by Gasteiger charge is -2.24. The molecule has 178 valence electrons. The number of para-hydroxylation sites is 1. The molecule has 0 spiro atoms. The molecule has 0 bridgehead atoms. The Bertz CT molecular complexity index is 1240. The van der Waals surface area contributed by atoms with Gasteiger partial charge in [-0.25, -0.2) is 18.2 Å². The highest BCUT2D eigenvalue weighted by atomic mass is 32.2. The summed E-state index contributed by atoms with van der Waals surface area (Å²) in [6.45, 7) is 3.80. The molecule has 34 heavy (non-hydrogen) atoms. The van der Waals surface area contributed by atoms with Crippen molar-refractivity contribution >= 4 is 27.8 Å². The summed E-state index contributed by atoms with van der Waals surface area (Å²) >= 11 is 0. The molecule has 1 amide bonds. The lowest BCUT2D eigenvalue weighted by Crippen LogP contribution is -2.40. The first kappa shape index (κ1) is 24.9. The molecule has 0 aliphatic heterocycles. The Kier molecular flexibility index (Phi) is 8.37. The van der Waals surface area contributed by atoms with Gasteiger partial charge in [-0.2, -0.15) is 5.10 Å². The molecule has 0 saturated carbocycles. The second-order valence-electron chi connectivity index (χ2n) is 7.49. The number of hydrogen-bond donors (Lipinski definition) is 1. The molecule has 0 unspecified atom stereocenters. The van der Waals surface area contributed by atoms with Crippen LogP contribution in [0.4, 0.5) is 10.1 Å². The lowest BCUT2D eigenvalue weighted by atomic mass is 10.2. The number of nitrogens with one attached hydrogen (secondary N) is 1. The van der Waals surface area contributed by atoms with E-state index >= 15 is 0 Å². The Morgan fingerprint density at radius 3 is 2.38 bits per heavy atom. The average molecular weight is 484 g/mol. The van der Waals surface area contributed by atoms with Crippen LogP contribution >= 0.6 is 0 Å². The van der Waals surface area contributed by atoms with E-state index in [1.807, 2.05) is 13.8 Å². The molecule has 1 N–H and O–H groups in total. The largest absolute Gasteiger partial charge is 0.494 e. The first-order valence-corrected chi connectivity index (χ1v) is 12.1. The quantitative estimate of drug-likeness (QED) is 0.345. The highest BCUT2D eigenvalue weighted by molar-refractivity contribution is 7.92. The number of amides is 1. The Hall–Kier alpha value is -3.72. The zero-order chi connectivity index (χ0) is 24.6. The topological polar surface area (TPSA) is 88.1 Å². The average Bonchev–Trinajstić information content (AvgIpc) is 2.83. The van der Waals surface area contributed by atoms with E-state index in [1.165, 1.54) is 36.5 Å². The molecular weight excluding hydrogens is 457 g/mol. The van der Waals surface area contributed by atoms with Gasteiger partial charge in [0, 0.05) is 0 Å². The van der Waals surface area contributed by atoms with E-state index in [9.17, 15) is 17.6 Å². The summed E-state index contributed by atoms with van der Waals surface area (Å²) in [7, 11) is -4.21. The Morgan fingerprint density at radius 1 is 1.06 bits per heavy atom. The minimum atomic E-state index is -4.21. The van der Waals surface area contributed by atoms with Crippen molar-refractivity contribution in [2.75, 3.05) is 17.5 Å². The smallest absolute Gasteiger partial charge is 0.264 e. The van der Waals surface area contributed by atoms with Crippen LogP contribution in [-0.4, -0.2) is 33.7 Å². The van der Waals surface area contributed by atoms with E-state index in [1.54, 1.807) is 36.4 Å². The minimum absolute atomic E-state index is 0.0527. The summed E-state index contributed by atoms with van der Waals surface area (Å²) in [5.74, 6) is -0.761. The van der Waals surface area contributed by atoms with Crippen molar-refractivity contribution in [1.29, 1.82) is 0 Å². The van der Waals surface area contributed by atoms with E-state index in [0.29, 0.717) is 12.2 Å². The molecule has 9 heteroatoms. The molecule has 0 radical (unpaired) electrons. The summed E-state index contributed by atoms with van der Waals surface area (Å²) in [4.78, 5) is 12.5. The van der Waals surface area contributed by atoms with Crippen LogP contribution in [0.2, 0.25) is 0 Å². The zero-order valence-electron chi connectivity index (χ0n) is 18.9. The summed E-state index contributed by atoms with van der Waals surface area (Å²) in [5, 5.41) is 3.89.